The molecular formula is C16H21O4Si. The largest absolute Gasteiger partial charge is 0.423 e. The number of aryl methyl sites for hydroxylation is 1. The Morgan fingerprint density at radius 2 is 1.95 bits per heavy atom. The average Bonchev–Trinajstić information content (AvgIpc) is 2.50. The van der Waals surface area contributed by atoms with Crippen LogP contribution in [-0.2, 0) is 24.9 Å². The molecule has 0 spiro atoms. The maximum Gasteiger partial charge on any atom is 0.423 e. The van der Waals surface area contributed by atoms with Crippen LogP contribution in [0.1, 0.15) is 18.9 Å². The van der Waals surface area contributed by atoms with E-state index < -0.39 is 15.2 Å². The summed E-state index contributed by atoms with van der Waals surface area (Å²) < 4.78 is 10.7. The number of rotatable bonds is 9. The van der Waals surface area contributed by atoms with Crippen LogP contribution in [0.4, 0.5) is 0 Å². The standard InChI is InChI=1S/C16H21O4Si/c1-12(2)16(18)14(11-17)10-9-13-7-5-6-8-15(13)21(19-3)20-4/h5-8,11,14H,1,9-10H2,2-4H3. The van der Waals surface area contributed by atoms with Crippen molar-refractivity contribution in [2.45, 2.75) is 19.8 Å². The summed E-state index contributed by atoms with van der Waals surface area (Å²) in [6, 6.07) is 7.80. The van der Waals surface area contributed by atoms with Crippen LogP contribution in [-0.4, -0.2) is 35.6 Å². The summed E-state index contributed by atoms with van der Waals surface area (Å²) in [4.78, 5) is 23.0. The third-order valence-corrected chi connectivity index (χ3v) is 4.92. The van der Waals surface area contributed by atoms with Gasteiger partial charge in [0.2, 0.25) is 0 Å². The predicted molar refractivity (Wildman–Crippen MR) is 83.5 cm³/mol. The van der Waals surface area contributed by atoms with Crippen LogP contribution in [0.25, 0.3) is 0 Å². The summed E-state index contributed by atoms with van der Waals surface area (Å²) in [5, 5.41) is 1.01. The van der Waals surface area contributed by atoms with Crippen molar-refractivity contribution < 1.29 is 18.4 Å². The molecule has 0 amide bonds. The molecule has 0 saturated carbocycles. The summed E-state index contributed by atoms with van der Waals surface area (Å²) in [5.41, 5.74) is 1.47. The van der Waals surface area contributed by atoms with Crippen molar-refractivity contribution in [3.8, 4) is 0 Å². The molecule has 0 N–H and O–H groups in total. The Balaban J connectivity index is 2.86. The van der Waals surface area contributed by atoms with E-state index in [0.717, 1.165) is 10.8 Å². The van der Waals surface area contributed by atoms with Gasteiger partial charge >= 0.3 is 9.28 Å². The minimum atomic E-state index is -1.51. The third-order valence-electron chi connectivity index (χ3n) is 3.25. The molecular weight excluding hydrogens is 284 g/mol. The second-order valence-electron chi connectivity index (χ2n) is 4.78. The molecule has 0 saturated heterocycles. The van der Waals surface area contributed by atoms with Crippen molar-refractivity contribution in [3.63, 3.8) is 0 Å². The van der Waals surface area contributed by atoms with E-state index in [9.17, 15) is 9.59 Å². The highest BCUT2D eigenvalue weighted by molar-refractivity contribution is 6.61. The lowest BCUT2D eigenvalue weighted by Gasteiger charge is -2.15. The van der Waals surface area contributed by atoms with Gasteiger partial charge < -0.3 is 13.6 Å². The molecule has 21 heavy (non-hydrogen) atoms. The lowest BCUT2D eigenvalue weighted by Crippen LogP contribution is -2.37. The van der Waals surface area contributed by atoms with E-state index in [0.29, 0.717) is 24.7 Å². The SMILES string of the molecule is C=C(C)C(=O)C(C=O)CCc1ccccc1[Si](OC)OC. The predicted octanol–water partition coefficient (Wildman–Crippen LogP) is 1.57. The molecule has 1 unspecified atom stereocenters. The Labute approximate surface area is 127 Å². The zero-order valence-corrected chi connectivity index (χ0v) is 13.7. The molecule has 0 heterocycles. The Hall–Kier alpha value is -1.56. The van der Waals surface area contributed by atoms with Gasteiger partial charge in [0.1, 0.15) is 6.29 Å². The fraction of sp³-hybridized carbons (Fsp3) is 0.375. The number of Topliss-reactive ketones (excluding diaryl/α,β-unsaturated/α-hetero) is 1. The van der Waals surface area contributed by atoms with Gasteiger partial charge in [-0.25, -0.2) is 0 Å². The van der Waals surface area contributed by atoms with Crippen LogP contribution in [0.2, 0.25) is 0 Å². The Bertz CT molecular complexity index is 509. The van der Waals surface area contributed by atoms with E-state index in [1.54, 1.807) is 21.1 Å². The van der Waals surface area contributed by atoms with Crippen LogP contribution >= 0.6 is 0 Å². The second-order valence-corrected chi connectivity index (χ2v) is 6.71. The summed E-state index contributed by atoms with van der Waals surface area (Å²) in [6.45, 7) is 5.24. The molecule has 5 heteroatoms. The minimum Gasteiger partial charge on any atom is -0.393 e. The molecule has 1 atom stereocenters. The Morgan fingerprint density at radius 1 is 1.33 bits per heavy atom. The molecule has 4 nitrogen and oxygen atoms in total. The van der Waals surface area contributed by atoms with Crippen molar-refractivity contribution in [3.05, 3.63) is 42.0 Å². The van der Waals surface area contributed by atoms with Gasteiger partial charge in [0, 0.05) is 14.2 Å². The van der Waals surface area contributed by atoms with Gasteiger partial charge in [0.05, 0.1) is 5.92 Å². The first-order valence-corrected chi connectivity index (χ1v) is 8.05. The normalized spacial score (nSPS) is 12.2. The molecule has 0 fully saturated rings. The number of aldehydes is 1. The molecule has 0 aliphatic heterocycles. The topological polar surface area (TPSA) is 52.6 Å². The van der Waals surface area contributed by atoms with Gasteiger partial charge in [-0.3, -0.25) is 4.79 Å². The van der Waals surface area contributed by atoms with Gasteiger partial charge in [-0.2, -0.15) is 0 Å². The lowest BCUT2D eigenvalue weighted by molar-refractivity contribution is -0.124. The fourth-order valence-corrected chi connectivity index (χ4v) is 3.44. The molecule has 1 aromatic rings. The van der Waals surface area contributed by atoms with Crippen molar-refractivity contribution >= 4 is 26.5 Å². The number of hydrogen-bond donors (Lipinski definition) is 0. The molecule has 1 rings (SSSR count). The summed E-state index contributed by atoms with van der Waals surface area (Å²) in [7, 11) is 1.73. The molecule has 0 aromatic heterocycles. The summed E-state index contributed by atoms with van der Waals surface area (Å²) in [5.74, 6) is -0.817. The number of carbonyl (C=O) groups excluding carboxylic acids is 2. The quantitative estimate of drug-likeness (QED) is 0.301. The van der Waals surface area contributed by atoms with Crippen LogP contribution in [0, 0.1) is 5.92 Å². The van der Waals surface area contributed by atoms with Crippen LogP contribution in [0.5, 0.6) is 0 Å². The fourth-order valence-electron chi connectivity index (χ4n) is 2.13. The Kier molecular flexibility index (Phi) is 7.21. The zero-order chi connectivity index (χ0) is 15.8. The van der Waals surface area contributed by atoms with Gasteiger partial charge in [0.15, 0.2) is 5.78 Å². The van der Waals surface area contributed by atoms with Crippen molar-refractivity contribution in [1.82, 2.24) is 0 Å². The van der Waals surface area contributed by atoms with Crippen LogP contribution < -0.4 is 5.19 Å². The van der Waals surface area contributed by atoms with Gasteiger partial charge in [-0.05, 0) is 36.1 Å². The molecule has 0 bridgehead atoms. The average molecular weight is 305 g/mol. The van der Waals surface area contributed by atoms with Gasteiger partial charge in [-0.15, -0.1) is 0 Å². The molecule has 0 aliphatic carbocycles. The highest BCUT2D eigenvalue weighted by Gasteiger charge is 2.22. The number of allylic oxidation sites excluding steroid dienone is 1. The van der Waals surface area contributed by atoms with E-state index >= 15 is 0 Å². The van der Waals surface area contributed by atoms with E-state index in [4.69, 9.17) is 8.85 Å². The molecule has 113 valence electrons. The van der Waals surface area contributed by atoms with Crippen LogP contribution in [0.15, 0.2) is 36.4 Å². The summed E-state index contributed by atoms with van der Waals surface area (Å²) >= 11 is 0. The highest BCUT2D eigenvalue weighted by atomic mass is 28.3. The van der Waals surface area contributed by atoms with E-state index in [-0.39, 0.29) is 5.78 Å². The third kappa shape index (κ3) is 4.73. The van der Waals surface area contributed by atoms with Crippen molar-refractivity contribution in [2.24, 2.45) is 5.92 Å². The first-order valence-electron chi connectivity index (χ1n) is 6.73. The number of benzene rings is 1. The number of hydrogen-bond acceptors (Lipinski definition) is 4. The Morgan fingerprint density at radius 3 is 2.48 bits per heavy atom. The maximum absolute atomic E-state index is 11.9. The smallest absolute Gasteiger partial charge is 0.393 e. The maximum atomic E-state index is 11.9. The van der Waals surface area contributed by atoms with E-state index in [1.807, 2.05) is 24.3 Å². The minimum absolute atomic E-state index is 0.188. The molecule has 1 aromatic carbocycles. The number of ketones is 1. The monoisotopic (exact) mass is 305 g/mol. The van der Waals surface area contributed by atoms with Crippen molar-refractivity contribution in [1.29, 1.82) is 0 Å². The molecule has 0 aliphatic rings. The zero-order valence-electron chi connectivity index (χ0n) is 12.7. The number of carbonyl (C=O) groups is 2. The first kappa shape index (κ1) is 17.5. The van der Waals surface area contributed by atoms with E-state index in [2.05, 4.69) is 6.58 Å². The van der Waals surface area contributed by atoms with Crippen molar-refractivity contribution in [2.75, 3.05) is 14.2 Å². The summed E-state index contributed by atoms with van der Waals surface area (Å²) in [6.07, 6.45) is 1.80. The van der Waals surface area contributed by atoms with Gasteiger partial charge in [-0.1, -0.05) is 30.8 Å². The van der Waals surface area contributed by atoms with Gasteiger partial charge in [0.25, 0.3) is 0 Å². The lowest BCUT2D eigenvalue weighted by atomic mass is 9.94. The van der Waals surface area contributed by atoms with E-state index in [1.165, 1.54) is 0 Å². The highest BCUT2D eigenvalue weighted by Crippen LogP contribution is 2.12. The second kappa shape index (κ2) is 8.66. The van der Waals surface area contributed by atoms with Crippen LogP contribution in [0.3, 0.4) is 0 Å². The molecule has 1 radical (unpaired) electrons. The first-order chi connectivity index (χ1) is 10.0.